The number of urea groups is 1. The Morgan fingerprint density at radius 3 is 2.39 bits per heavy atom. The highest BCUT2D eigenvalue weighted by molar-refractivity contribution is 5.84. The van der Waals surface area contributed by atoms with Gasteiger partial charge in [0, 0.05) is 56.6 Å². The Kier molecular flexibility index (Phi) is 10.2. The van der Waals surface area contributed by atoms with Crippen molar-refractivity contribution in [2.45, 2.75) is 62.7 Å². The first-order valence-corrected chi connectivity index (χ1v) is 18.2. The number of aromatic nitrogens is 6. The van der Waals surface area contributed by atoms with Crippen LogP contribution in [0.1, 0.15) is 65.4 Å². The number of aliphatic hydroxyl groups is 2. The van der Waals surface area contributed by atoms with E-state index in [1.807, 2.05) is 60.4 Å². The van der Waals surface area contributed by atoms with Crippen LogP contribution in [0.4, 0.5) is 16.6 Å². The predicted molar refractivity (Wildman–Crippen MR) is 200 cm³/mol. The summed E-state index contributed by atoms with van der Waals surface area (Å²) in [6, 6.07) is 25.6. The van der Waals surface area contributed by atoms with Gasteiger partial charge in [0.15, 0.2) is 17.2 Å². The Bertz CT molecular complexity index is 2130. The zero-order chi connectivity index (χ0) is 37.0. The van der Waals surface area contributed by atoms with Crippen LogP contribution in [-0.4, -0.2) is 84.2 Å². The number of amides is 2. The van der Waals surface area contributed by atoms with E-state index in [4.69, 9.17) is 24.2 Å². The summed E-state index contributed by atoms with van der Waals surface area (Å²) in [5, 5.41) is 35.7. The molecule has 0 bridgehead atoms. The molecule has 278 valence electrons. The molecule has 6 N–H and O–H groups in total. The minimum absolute atomic E-state index is 0.0000887. The molecule has 5 atom stereocenters. The fraction of sp³-hybridized carbons (Fsp3) is 0.333. The molecule has 2 aliphatic heterocycles. The Morgan fingerprint density at radius 2 is 1.69 bits per heavy atom. The van der Waals surface area contributed by atoms with Crippen LogP contribution in [0.15, 0.2) is 95.8 Å². The Balaban J connectivity index is 1.07. The molecule has 0 aliphatic carbocycles. The molecule has 0 unspecified atom stereocenters. The number of anilines is 2. The zero-order valence-electron chi connectivity index (χ0n) is 29.7. The van der Waals surface area contributed by atoms with Crippen LogP contribution in [0.2, 0.25) is 0 Å². The summed E-state index contributed by atoms with van der Waals surface area (Å²) in [6.45, 7) is 3.96. The second kappa shape index (κ2) is 15.6. The van der Waals surface area contributed by atoms with E-state index in [1.165, 1.54) is 0 Å². The standard InChI is InChI=1S/C39H42N10O5/c1-2-26-19-29(54-48-26)33-31(50)32(51)34(53-33)37-44-30-35(41-21-28(24-9-5-3-6-10-24)25-11-7-4-8-12-25)46-38(47-36(30)45-37)49-18-15-27(22-49)43-39(52)42-20-23-13-16-40-17-14-23/h3-14,16-17,19,27-28,31-34,50-51H,2,15,18,20-22H2,1H3,(H2,42,43,52)(H2,41,44,45,46,47)/t27-,31+,32-,33-,34+/m1/s1. The molecule has 0 saturated carbocycles. The van der Waals surface area contributed by atoms with Crippen LogP contribution in [0.5, 0.6) is 0 Å². The van der Waals surface area contributed by atoms with Gasteiger partial charge in [-0.05, 0) is 41.7 Å². The molecule has 6 aromatic rings. The number of H-pyrrole nitrogens is 1. The van der Waals surface area contributed by atoms with E-state index in [0.717, 1.165) is 22.4 Å². The van der Waals surface area contributed by atoms with Gasteiger partial charge in [-0.25, -0.2) is 9.78 Å². The maximum atomic E-state index is 12.8. The number of ether oxygens (including phenoxy) is 1. The molecule has 2 amide bonds. The topological polar surface area (TPSA) is 199 Å². The van der Waals surface area contributed by atoms with E-state index in [0.29, 0.717) is 73.5 Å². The van der Waals surface area contributed by atoms with Gasteiger partial charge in [-0.15, -0.1) is 0 Å². The number of carbonyl (C=O) groups excluding carboxylic acids is 1. The van der Waals surface area contributed by atoms with Gasteiger partial charge in [0.2, 0.25) is 5.95 Å². The zero-order valence-corrected chi connectivity index (χ0v) is 29.7. The summed E-state index contributed by atoms with van der Waals surface area (Å²) in [7, 11) is 0. The van der Waals surface area contributed by atoms with Gasteiger partial charge in [-0.2, -0.15) is 9.97 Å². The van der Waals surface area contributed by atoms with Crippen LogP contribution in [0, 0.1) is 0 Å². The Morgan fingerprint density at radius 1 is 0.963 bits per heavy atom. The minimum Gasteiger partial charge on any atom is -0.387 e. The maximum Gasteiger partial charge on any atom is 0.315 e. The molecule has 8 rings (SSSR count). The molecule has 2 fully saturated rings. The number of hydrogen-bond donors (Lipinski definition) is 6. The lowest BCUT2D eigenvalue weighted by atomic mass is 9.91. The van der Waals surface area contributed by atoms with Crippen LogP contribution in [-0.2, 0) is 17.7 Å². The summed E-state index contributed by atoms with van der Waals surface area (Å²) in [5.41, 5.74) is 4.85. The number of aromatic amines is 1. The SMILES string of the molecule is CCc1cc([C@H]2O[C@H](c3nc4nc(N5CC[C@@H](NC(=O)NCc6ccncc6)C5)nc(NCC(c5ccccc5)c5ccccc5)c4[nH]3)[C@H](O)[C@@H]2O)on1. The van der Waals surface area contributed by atoms with Crippen molar-refractivity contribution in [2.75, 3.05) is 29.9 Å². The number of pyridine rings is 1. The molecule has 6 heterocycles. The fourth-order valence-corrected chi connectivity index (χ4v) is 7.05. The Labute approximate surface area is 311 Å². The first-order chi connectivity index (χ1) is 26.4. The van der Waals surface area contributed by atoms with Crippen LogP contribution in [0.25, 0.3) is 11.2 Å². The van der Waals surface area contributed by atoms with E-state index in [1.54, 1.807) is 18.5 Å². The largest absolute Gasteiger partial charge is 0.387 e. The highest BCUT2D eigenvalue weighted by Gasteiger charge is 2.47. The highest BCUT2D eigenvalue weighted by Crippen LogP contribution is 2.41. The van der Waals surface area contributed by atoms with Crippen molar-refractivity contribution in [3.05, 3.63) is 125 Å². The molecule has 0 radical (unpaired) electrons. The van der Waals surface area contributed by atoms with Gasteiger partial charge in [0.25, 0.3) is 0 Å². The van der Waals surface area contributed by atoms with Gasteiger partial charge in [-0.3, -0.25) is 4.98 Å². The smallest absolute Gasteiger partial charge is 0.315 e. The van der Waals surface area contributed by atoms with E-state index in [-0.39, 0.29) is 18.0 Å². The third-order valence-electron chi connectivity index (χ3n) is 10.00. The van der Waals surface area contributed by atoms with Crippen molar-refractivity contribution >= 4 is 29.0 Å². The third-order valence-corrected chi connectivity index (χ3v) is 10.00. The number of aliphatic hydroxyl groups excluding tert-OH is 2. The first-order valence-electron chi connectivity index (χ1n) is 18.2. The highest BCUT2D eigenvalue weighted by atomic mass is 16.6. The first kappa shape index (κ1) is 35.1. The second-order valence-electron chi connectivity index (χ2n) is 13.6. The van der Waals surface area contributed by atoms with Crippen molar-refractivity contribution in [3.8, 4) is 0 Å². The van der Waals surface area contributed by atoms with Crippen LogP contribution in [0.3, 0.4) is 0 Å². The second-order valence-corrected chi connectivity index (χ2v) is 13.6. The lowest BCUT2D eigenvalue weighted by Crippen LogP contribution is -2.43. The molecule has 2 saturated heterocycles. The predicted octanol–water partition coefficient (Wildman–Crippen LogP) is 4.15. The molecule has 4 aromatic heterocycles. The van der Waals surface area contributed by atoms with Crippen molar-refractivity contribution in [3.63, 3.8) is 0 Å². The fourth-order valence-electron chi connectivity index (χ4n) is 7.05. The number of hydrogen-bond acceptors (Lipinski definition) is 12. The average molecular weight is 731 g/mol. The quantitative estimate of drug-likeness (QED) is 0.105. The number of nitrogens with one attached hydrogen (secondary N) is 4. The molecule has 2 aromatic carbocycles. The van der Waals surface area contributed by atoms with Crippen LogP contribution >= 0.6 is 0 Å². The van der Waals surface area contributed by atoms with Gasteiger partial charge in [-0.1, -0.05) is 72.7 Å². The molecular weight excluding hydrogens is 688 g/mol. The number of imidazole rings is 1. The minimum atomic E-state index is -1.30. The Hall–Kier alpha value is -5.90. The van der Waals surface area contributed by atoms with E-state index < -0.39 is 24.4 Å². The summed E-state index contributed by atoms with van der Waals surface area (Å²) >= 11 is 0. The molecular formula is C39H42N10O5. The maximum absolute atomic E-state index is 12.8. The molecule has 2 aliphatic rings. The van der Waals surface area contributed by atoms with Crippen molar-refractivity contribution < 1.29 is 24.3 Å². The summed E-state index contributed by atoms with van der Waals surface area (Å²) in [4.78, 5) is 36.7. The monoisotopic (exact) mass is 730 g/mol. The molecule has 15 nitrogen and oxygen atoms in total. The van der Waals surface area contributed by atoms with E-state index in [2.05, 4.69) is 55.3 Å². The molecule has 54 heavy (non-hydrogen) atoms. The lowest BCUT2D eigenvalue weighted by Gasteiger charge is -2.21. The number of nitrogens with zero attached hydrogens (tertiary/aromatic N) is 6. The van der Waals surface area contributed by atoms with Gasteiger partial charge < -0.3 is 45.3 Å². The normalized spacial score (nSPS) is 21.2. The number of benzene rings is 2. The number of aryl methyl sites for hydroxylation is 1. The number of rotatable bonds is 12. The van der Waals surface area contributed by atoms with E-state index in [9.17, 15) is 15.0 Å². The van der Waals surface area contributed by atoms with Crippen LogP contribution < -0.4 is 20.9 Å². The summed E-state index contributed by atoms with van der Waals surface area (Å²) in [6.07, 6.45) is 0.237. The summed E-state index contributed by atoms with van der Waals surface area (Å²) in [5.74, 6) is 1.58. The van der Waals surface area contributed by atoms with Crippen molar-refractivity contribution in [1.29, 1.82) is 0 Å². The van der Waals surface area contributed by atoms with E-state index >= 15 is 0 Å². The third kappa shape index (κ3) is 7.46. The molecule has 0 spiro atoms. The number of carbonyl (C=O) groups is 1. The summed E-state index contributed by atoms with van der Waals surface area (Å²) < 4.78 is 11.6. The molecule has 15 heteroatoms. The van der Waals surface area contributed by atoms with Crippen molar-refractivity contribution in [2.24, 2.45) is 0 Å². The number of fused-ring (bicyclic) bond motifs is 1. The van der Waals surface area contributed by atoms with Gasteiger partial charge in [0.1, 0.15) is 35.8 Å². The lowest BCUT2D eigenvalue weighted by molar-refractivity contribution is -0.0111. The van der Waals surface area contributed by atoms with Crippen molar-refractivity contribution in [1.82, 2.24) is 40.7 Å². The van der Waals surface area contributed by atoms with Gasteiger partial charge >= 0.3 is 6.03 Å². The van der Waals surface area contributed by atoms with Gasteiger partial charge in [0.05, 0.1) is 5.69 Å². The average Bonchev–Trinajstić information content (AvgIpc) is 4.02.